The molecule has 0 saturated heterocycles. The molecule has 4 heteroatoms. The summed E-state index contributed by atoms with van der Waals surface area (Å²) in [5.41, 5.74) is 1.16. The number of hydrogen-bond donors (Lipinski definition) is 0. The highest BCUT2D eigenvalue weighted by molar-refractivity contribution is 5.76. The number of methoxy groups -OCH3 is 2. The lowest BCUT2D eigenvalue weighted by Crippen LogP contribution is -1.94. The number of halogens is 1. The molecule has 0 aliphatic rings. The molecule has 0 saturated carbocycles. The van der Waals surface area contributed by atoms with Crippen LogP contribution in [0.1, 0.15) is 5.56 Å². The van der Waals surface area contributed by atoms with Crippen molar-refractivity contribution in [3.63, 3.8) is 0 Å². The predicted octanol–water partition coefficient (Wildman–Crippen LogP) is 3.38. The van der Waals surface area contributed by atoms with Crippen LogP contribution in [-0.2, 0) is 0 Å². The van der Waals surface area contributed by atoms with Gasteiger partial charge in [0.05, 0.1) is 19.8 Å². The van der Waals surface area contributed by atoms with Gasteiger partial charge in [-0.2, -0.15) is 5.26 Å². The second-order valence-corrected chi connectivity index (χ2v) is 3.84. The fourth-order valence-corrected chi connectivity index (χ4v) is 1.88. The summed E-state index contributed by atoms with van der Waals surface area (Å²) < 4.78 is 24.0. The first-order valence-electron chi connectivity index (χ1n) is 5.62. The average molecular weight is 257 g/mol. The summed E-state index contributed by atoms with van der Waals surface area (Å²) in [6.07, 6.45) is 0. The molecule has 0 bridgehead atoms. The Kier molecular flexibility index (Phi) is 3.67. The van der Waals surface area contributed by atoms with E-state index < -0.39 is 5.82 Å². The Balaban J connectivity index is 2.66. The van der Waals surface area contributed by atoms with Crippen LogP contribution in [0, 0.1) is 17.1 Å². The van der Waals surface area contributed by atoms with Gasteiger partial charge in [0.25, 0.3) is 0 Å². The minimum Gasteiger partial charge on any atom is -0.497 e. The fourth-order valence-electron chi connectivity index (χ4n) is 1.88. The van der Waals surface area contributed by atoms with Gasteiger partial charge in [-0.05, 0) is 18.2 Å². The van der Waals surface area contributed by atoms with E-state index in [4.69, 9.17) is 14.7 Å². The van der Waals surface area contributed by atoms with Crippen LogP contribution in [-0.4, -0.2) is 14.2 Å². The second kappa shape index (κ2) is 5.40. The van der Waals surface area contributed by atoms with Crippen molar-refractivity contribution in [1.82, 2.24) is 0 Å². The maximum Gasteiger partial charge on any atom is 0.141 e. The van der Waals surface area contributed by atoms with Crippen molar-refractivity contribution in [3.8, 4) is 28.7 Å². The van der Waals surface area contributed by atoms with E-state index in [0.29, 0.717) is 22.6 Å². The molecule has 0 radical (unpaired) electrons. The highest BCUT2D eigenvalue weighted by atomic mass is 19.1. The van der Waals surface area contributed by atoms with E-state index in [1.165, 1.54) is 13.2 Å². The third-order valence-electron chi connectivity index (χ3n) is 2.82. The number of hydrogen-bond acceptors (Lipinski definition) is 3. The van der Waals surface area contributed by atoms with Crippen LogP contribution in [0.15, 0.2) is 36.4 Å². The molecular weight excluding hydrogens is 245 g/mol. The number of nitrogens with zero attached hydrogens (tertiary/aromatic N) is 1. The lowest BCUT2D eigenvalue weighted by molar-refractivity contribution is 0.395. The van der Waals surface area contributed by atoms with E-state index in [9.17, 15) is 4.39 Å². The van der Waals surface area contributed by atoms with Gasteiger partial charge in [-0.1, -0.05) is 12.1 Å². The molecular formula is C15H12FNO2. The summed E-state index contributed by atoms with van der Waals surface area (Å²) in [7, 11) is 3.07. The molecule has 96 valence electrons. The normalized spacial score (nSPS) is 9.79. The summed E-state index contributed by atoms with van der Waals surface area (Å²) in [5, 5.41) is 9.07. The van der Waals surface area contributed by atoms with E-state index in [-0.39, 0.29) is 5.56 Å². The first kappa shape index (κ1) is 12.9. The monoisotopic (exact) mass is 257 g/mol. The first-order chi connectivity index (χ1) is 9.21. The Morgan fingerprint density at radius 3 is 2.47 bits per heavy atom. The van der Waals surface area contributed by atoms with Crippen LogP contribution >= 0.6 is 0 Å². The molecule has 2 aromatic rings. The van der Waals surface area contributed by atoms with Crippen LogP contribution in [0.2, 0.25) is 0 Å². The zero-order valence-corrected chi connectivity index (χ0v) is 10.6. The molecule has 2 aromatic carbocycles. The Hall–Kier alpha value is -2.54. The fraction of sp³-hybridized carbons (Fsp3) is 0.133. The van der Waals surface area contributed by atoms with Crippen molar-refractivity contribution >= 4 is 0 Å². The third kappa shape index (κ3) is 2.36. The number of nitriles is 1. The molecule has 0 spiro atoms. The summed E-state index contributed by atoms with van der Waals surface area (Å²) in [6, 6.07) is 11.6. The van der Waals surface area contributed by atoms with Gasteiger partial charge in [0.2, 0.25) is 0 Å². The number of ether oxygens (including phenoxy) is 2. The molecule has 0 aliphatic heterocycles. The lowest BCUT2D eigenvalue weighted by atomic mass is 9.99. The third-order valence-corrected chi connectivity index (χ3v) is 2.82. The van der Waals surface area contributed by atoms with Crippen LogP contribution in [0.5, 0.6) is 11.5 Å². The molecule has 0 aliphatic carbocycles. The molecule has 3 nitrogen and oxygen atoms in total. The minimum atomic E-state index is -0.544. The Labute approximate surface area is 110 Å². The van der Waals surface area contributed by atoms with Gasteiger partial charge < -0.3 is 9.47 Å². The van der Waals surface area contributed by atoms with Gasteiger partial charge in [0.1, 0.15) is 23.4 Å². The molecule has 0 fully saturated rings. The smallest absolute Gasteiger partial charge is 0.141 e. The number of benzene rings is 2. The molecule has 0 amide bonds. The topological polar surface area (TPSA) is 42.2 Å². The van der Waals surface area contributed by atoms with Crippen molar-refractivity contribution in [2.24, 2.45) is 0 Å². The van der Waals surface area contributed by atoms with Crippen LogP contribution in [0.25, 0.3) is 11.1 Å². The largest absolute Gasteiger partial charge is 0.497 e. The molecule has 0 heterocycles. The lowest BCUT2D eigenvalue weighted by Gasteiger charge is -2.11. The predicted molar refractivity (Wildman–Crippen MR) is 69.7 cm³/mol. The molecule has 2 rings (SSSR count). The quantitative estimate of drug-likeness (QED) is 0.846. The van der Waals surface area contributed by atoms with Crippen molar-refractivity contribution in [3.05, 3.63) is 47.8 Å². The summed E-state index contributed by atoms with van der Waals surface area (Å²) in [5.74, 6) is 0.620. The van der Waals surface area contributed by atoms with E-state index in [2.05, 4.69) is 0 Å². The SMILES string of the molecule is COc1ccc(-c2cccc(F)c2C#N)c(OC)c1. The summed E-state index contributed by atoms with van der Waals surface area (Å²) in [6.45, 7) is 0. The van der Waals surface area contributed by atoms with Crippen molar-refractivity contribution < 1.29 is 13.9 Å². The van der Waals surface area contributed by atoms with E-state index in [0.717, 1.165) is 0 Å². The maximum atomic E-state index is 13.6. The molecule has 0 atom stereocenters. The Morgan fingerprint density at radius 2 is 1.84 bits per heavy atom. The van der Waals surface area contributed by atoms with Gasteiger partial charge in [0.15, 0.2) is 0 Å². The van der Waals surface area contributed by atoms with E-state index in [1.54, 1.807) is 37.4 Å². The molecule has 0 unspecified atom stereocenters. The second-order valence-electron chi connectivity index (χ2n) is 3.84. The molecule has 0 N–H and O–H groups in total. The van der Waals surface area contributed by atoms with Crippen LogP contribution in [0.3, 0.4) is 0 Å². The minimum absolute atomic E-state index is 0.00552. The number of rotatable bonds is 3. The van der Waals surface area contributed by atoms with Crippen LogP contribution in [0.4, 0.5) is 4.39 Å². The summed E-state index contributed by atoms with van der Waals surface area (Å²) in [4.78, 5) is 0. The summed E-state index contributed by atoms with van der Waals surface area (Å²) >= 11 is 0. The molecule has 19 heavy (non-hydrogen) atoms. The van der Waals surface area contributed by atoms with Gasteiger partial charge >= 0.3 is 0 Å². The van der Waals surface area contributed by atoms with E-state index >= 15 is 0 Å². The van der Waals surface area contributed by atoms with Crippen molar-refractivity contribution in [1.29, 1.82) is 5.26 Å². The highest BCUT2D eigenvalue weighted by Gasteiger charge is 2.14. The Bertz CT molecular complexity index is 647. The van der Waals surface area contributed by atoms with Gasteiger partial charge in [-0.3, -0.25) is 0 Å². The maximum absolute atomic E-state index is 13.6. The standard InChI is InChI=1S/C15H12FNO2/c1-18-10-6-7-12(15(8-10)19-2)11-4-3-5-14(16)13(11)9-17/h3-8H,1-2H3. The highest BCUT2D eigenvalue weighted by Crippen LogP contribution is 2.35. The van der Waals surface area contributed by atoms with Gasteiger partial charge in [-0.25, -0.2) is 4.39 Å². The van der Waals surface area contributed by atoms with Crippen molar-refractivity contribution in [2.45, 2.75) is 0 Å². The van der Waals surface area contributed by atoms with E-state index in [1.807, 2.05) is 6.07 Å². The van der Waals surface area contributed by atoms with Crippen LogP contribution < -0.4 is 9.47 Å². The zero-order valence-electron chi connectivity index (χ0n) is 10.6. The zero-order chi connectivity index (χ0) is 13.8. The van der Waals surface area contributed by atoms with Gasteiger partial charge in [-0.15, -0.1) is 0 Å². The molecule has 0 aromatic heterocycles. The first-order valence-corrected chi connectivity index (χ1v) is 5.62. The Morgan fingerprint density at radius 1 is 1.05 bits per heavy atom. The van der Waals surface area contributed by atoms with Gasteiger partial charge in [0, 0.05) is 17.2 Å². The van der Waals surface area contributed by atoms with Crippen molar-refractivity contribution in [2.75, 3.05) is 14.2 Å². The average Bonchev–Trinajstić information content (AvgIpc) is 2.46.